The second kappa shape index (κ2) is 6.20. The highest BCUT2D eigenvalue weighted by molar-refractivity contribution is 5.35. The normalized spacial score (nSPS) is 11.7. The topological polar surface area (TPSA) is 27.1 Å². The smallest absolute Gasteiger partial charge is 0.419 e. The Balaban J connectivity index is 1.91. The first-order valence-corrected chi connectivity index (χ1v) is 6.68. The summed E-state index contributed by atoms with van der Waals surface area (Å²) in [4.78, 5) is 0. The van der Waals surface area contributed by atoms with E-state index in [4.69, 9.17) is 4.74 Å². The summed E-state index contributed by atoms with van der Waals surface area (Å²) < 4.78 is 45.5. The second-order valence-electron chi connectivity index (χ2n) is 4.85. The number of para-hydroxylation sites is 1. The van der Waals surface area contributed by atoms with Gasteiger partial charge in [0.05, 0.1) is 17.9 Å². The van der Waals surface area contributed by atoms with Crippen molar-refractivity contribution in [2.24, 2.45) is 0 Å². The lowest BCUT2D eigenvalue weighted by Gasteiger charge is -2.13. The summed E-state index contributed by atoms with van der Waals surface area (Å²) in [5.41, 5.74) is 1.22. The van der Waals surface area contributed by atoms with Gasteiger partial charge >= 0.3 is 6.18 Å². The summed E-state index contributed by atoms with van der Waals surface area (Å²) in [5, 5.41) is 4.29. The van der Waals surface area contributed by atoms with E-state index in [1.807, 2.05) is 24.6 Å². The predicted molar refractivity (Wildman–Crippen MR) is 73.3 cm³/mol. The summed E-state index contributed by atoms with van der Waals surface area (Å²) in [5.74, 6) is -0.127. The fraction of sp³-hybridized carbons (Fsp3) is 0.400. The number of halogens is 3. The van der Waals surface area contributed by atoms with Gasteiger partial charge in [0.15, 0.2) is 0 Å². The Hall–Kier alpha value is -1.98. The highest BCUT2D eigenvalue weighted by Gasteiger charge is 2.33. The van der Waals surface area contributed by atoms with E-state index in [2.05, 4.69) is 5.10 Å². The third kappa shape index (κ3) is 4.00. The number of hydrogen-bond acceptors (Lipinski definition) is 2. The zero-order valence-corrected chi connectivity index (χ0v) is 11.9. The molecule has 6 heteroatoms. The van der Waals surface area contributed by atoms with Crippen molar-refractivity contribution in [3.05, 3.63) is 47.3 Å². The van der Waals surface area contributed by atoms with Crippen LogP contribution in [0.3, 0.4) is 0 Å². The van der Waals surface area contributed by atoms with Gasteiger partial charge in [-0.2, -0.15) is 18.3 Å². The Morgan fingerprint density at radius 2 is 1.90 bits per heavy atom. The maximum absolute atomic E-state index is 12.8. The Morgan fingerprint density at radius 3 is 2.52 bits per heavy atom. The number of ether oxygens (including phenoxy) is 1. The third-order valence-corrected chi connectivity index (χ3v) is 3.07. The van der Waals surface area contributed by atoms with Crippen molar-refractivity contribution in [3.8, 4) is 5.75 Å². The van der Waals surface area contributed by atoms with Gasteiger partial charge in [0.25, 0.3) is 0 Å². The molecule has 0 radical (unpaired) electrons. The molecule has 0 spiro atoms. The number of hydrogen-bond donors (Lipinski definition) is 0. The number of rotatable bonds is 5. The molecule has 0 N–H and O–H groups in total. The molecule has 0 saturated heterocycles. The van der Waals surface area contributed by atoms with Gasteiger partial charge in [-0.1, -0.05) is 12.1 Å². The van der Waals surface area contributed by atoms with E-state index < -0.39 is 11.7 Å². The summed E-state index contributed by atoms with van der Waals surface area (Å²) in [6.45, 7) is 4.68. The number of alkyl halides is 3. The molecule has 114 valence electrons. The average Bonchev–Trinajstić information content (AvgIpc) is 2.72. The fourth-order valence-corrected chi connectivity index (χ4v) is 2.12. The van der Waals surface area contributed by atoms with Gasteiger partial charge in [0, 0.05) is 18.7 Å². The van der Waals surface area contributed by atoms with Crippen molar-refractivity contribution in [3.63, 3.8) is 0 Å². The van der Waals surface area contributed by atoms with E-state index >= 15 is 0 Å². The molecule has 0 fully saturated rings. The summed E-state index contributed by atoms with van der Waals surface area (Å²) in [6.07, 6.45) is -3.81. The monoisotopic (exact) mass is 298 g/mol. The molecule has 1 aromatic heterocycles. The van der Waals surface area contributed by atoms with Crippen molar-refractivity contribution in [2.45, 2.75) is 33.0 Å². The van der Waals surface area contributed by atoms with E-state index in [9.17, 15) is 13.2 Å². The minimum absolute atomic E-state index is 0.127. The summed E-state index contributed by atoms with van der Waals surface area (Å²) in [6, 6.07) is 7.21. The number of aryl methyl sites for hydroxylation is 3. The van der Waals surface area contributed by atoms with Crippen LogP contribution in [-0.4, -0.2) is 16.4 Å². The maximum atomic E-state index is 12.8. The van der Waals surface area contributed by atoms with Crippen LogP contribution in [0, 0.1) is 13.8 Å². The molecule has 2 rings (SSSR count). The molecule has 3 nitrogen and oxygen atoms in total. The standard InChI is InChI=1S/C15H17F3N2O/c1-11-10-12(2)20(19-11)8-5-9-21-14-7-4-3-6-13(14)15(16,17)18/h3-4,6-7,10H,5,8-9H2,1-2H3. The second-order valence-corrected chi connectivity index (χ2v) is 4.85. The molecular formula is C15H17F3N2O. The van der Waals surface area contributed by atoms with Crippen molar-refractivity contribution in [1.82, 2.24) is 9.78 Å². The van der Waals surface area contributed by atoms with Gasteiger partial charge in [-0.25, -0.2) is 0 Å². The van der Waals surface area contributed by atoms with Crippen molar-refractivity contribution in [1.29, 1.82) is 0 Å². The fourth-order valence-electron chi connectivity index (χ4n) is 2.12. The van der Waals surface area contributed by atoms with Gasteiger partial charge in [-0.15, -0.1) is 0 Å². The van der Waals surface area contributed by atoms with E-state index in [-0.39, 0.29) is 12.4 Å². The SMILES string of the molecule is Cc1cc(C)n(CCCOc2ccccc2C(F)(F)F)n1. The van der Waals surface area contributed by atoms with Crippen LogP contribution in [0.25, 0.3) is 0 Å². The maximum Gasteiger partial charge on any atom is 0.419 e. The van der Waals surface area contributed by atoms with Crippen LogP contribution in [0.5, 0.6) is 5.75 Å². The highest BCUT2D eigenvalue weighted by Crippen LogP contribution is 2.35. The van der Waals surface area contributed by atoms with Crippen LogP contribution < -0.4 is 4.74 Å². The lowest BCUT2D eigenvalue weighted by atomic mass is 10.2. The molecule has 0 aliphatic heterocycles. The van der Waals surface area contributed by atoms with E-state index in [1.54, 1.807) is 0 Å². The van der Waals surface area contributed by atoms with Crippen LogP contribution in [0.1, 0.15) is 23.4 Å². The predicted octanol–water partition coefficient (Wildman–Crippen LogP) is 3.99. The molecule has 0 aliphatic carbocycles. The first-order chi connectivity index (χ1) is 9.88. The first-order valence-electron chi connectivity index (χ1n) is 6.68. The van der Waals surface area contributed by atoms with Crippen LogP contribution in [-0.2, 0) is 12.7 Å². The molecule has 0 bridgehead atoms. The molecular weight excluding hydrogens is 281 g/mol. The molecule has 0 aliphatic rings. The Labute approximate surface area is 121 Å². The summed E-state index contributed by atoms with van der Waals surface area (Å²) in [7, 11) is 0. The van der Waals surface area contributed by atoms with Crippen LogP contribution in [0.15, 0.2) is 30.3 Å². The zero-order valence-electron chi connectivity index (χ0n) is 11.9. The van der Waals surface area contributed by atoms with Crippen molar-refractivity contribution >= 4 is 0 Å². The lowest BCUT2D eigenvalue weighted by Crippen LogP contribution is -2.11. The molecule has 0 saturated carbocycles. The molecule has 2 aromatic rings. The Bertz CT molecular complexity index is 605. The van der Waals surface area contributed by atoms with E-state index in [0.717, 1.165) is 17.5 Å². The highest BCUT2D eigenvalue weighted by atomic mass is 19.4. The molecule has 0 atom stereocenters. The number of benzene rings is 1. The third-order valence-electron chi connectivity index (χ3n) is 3.07. The largest absolute Gasteiger partial charge is 0.493 e. The van der Waals surface area contributed by atoms with Gasteiger partial charge in [-0.05, 0) is 32.0 Å². The van der Waals surface area contributed by atoms with Crippen LogP contribution >= 0.6 is 0 Å². The van der Waals surface area contributed by atoms with Crippen molar-refractivity contribution in [2.75, 3.05) is 6.61 Å². The molecule has 1 aromatic carbocycles. The first kappa shape index (κ1) is 15.4. The van der Waals surface area contributed by atoms with E-state index in [0.29, 0.717) is 13.0 Å². The molecule has 1 heterocycles. The lowest BCUT2D eigenvalue weighted by molar-refractivity contribution is -0.138. The van der Waals surface area contributed by atoms with Gasteiger partial charge < -0.3 is 4.74 Å². The molecule has 0 unspecified atom stereocenters. The minimum atomic E-state index is -4.40. The quantitative estimate of drug-likeness (QED) is 0.780. The van der Waals surface area contributed by atoms with Crippen LogP contribution in [0.4, 0.5) is 13.2 Å². The van der Waals surface area contributed by atoms with Gasteiger partial charge in [0.2, 0.25) is 0 Å². The number of nitrogens with zero attached hydrogens (tertiary/aromatic N) is 2. The number of aromatic nitrogens is 2. The summed E-state index contributed by atoms with van der Waals surface area (Å²) >= 11 is 0. The van der Waals surface area contributed by atoms with Gasteiger partial charge in [-0.3, -0.25) is 4.68 Å². The van der Waals surface area contributed by atoms with Crippen LogP contribution in [0.2, 0.25) is 0 Å². The Morgan fingerprint density at radius 1 is 1.19 bits per heavy atom. The molecule has 21 heavy (non-hydrogen) atoms. The van der Waals surface area contributed by atoms with E-state index in [1.165, 1.54) is 18.2 Å². The zero-order chi connectivity index (χ0) is 15.5. The average molecular weight is 298 g/mol. The molecule has 0 amide bonds. The van der Waals surface area contributed by atoms with Crippen molar-refractivity contribution < 1.29 is 17.9 Å². The van der Waals surface area contributed by atoms with Gasteiger partial charge in [0.1, 0.15) is 5.75 Å². The Kier molecular flexibility index (Phi) is 4.55. The minimum Gasteiger partial charge on any atom is -0.493 e.